The molecule has 0 bridgehead atoms. The number of esters is 1. The molecule has 3 nitrogen and oxygen atoms in total. The van der Waals surface area contributed by atoms with Crippen LogP contribution in [0.15, 0.2) is 12.7 Å². The van der Waals surface area contributed by atoms with Crippen molar-refractivity contribution in [2.24, 2.45) is 11.3 Å². The summed E-state index contributed by atoms with van der Waals surface area (Å²) in [4.78, 5) is 11.3. The van der Waals surface area contributed by atoms with E-state index < -0.39 is 0 Å². The Bertz CT molecular complexity index is 305. The van der Waals surface area contributed by atoms with Crippen molar-refractivity contribution in [2.45, 2.75) is 51.7 Å². The fourth-order valence-electron chi connectivity index (χ4n) is 3.02. The average molecular weight is 238 g/mol. The molecule has 2 rings (SSSR count). The molecule has 3 heteroatoms. The molecule has 1 heterocycles. The first kappa shape index (κ1) is 12.6. The molecular weight excluding hydrogens is 216 g/mol. The molecule has 1 aliphatic carbocycles. The molecule has 1 aliphatic heterocycles. The maximum Gasteiger partial charge on any atom is 0.330 e. The lowest BCUT2D eigenvalue weighted by Gasteiger charge is -2.56. The minimum Gasteiger partial charge on any atom is -0.459 e. The molecule has 0 aromatic heterocycles. The van der Waals surface area contributed by atoms with E-state index in [4.69, 9.17) is 9.47 Å². The van der Waals surface area contributed by atoms with Crippen LogP contribution in [-0.2, 0) is 14.3 Å². The Morgan fingerprint density at radius 1 is 1.65 bits per heavy atom. The second-order valence-corrected chi connectivity index (χ2v) is 5.29. The lowest BCUT2D eigenvalue weighted by atomic mass is 9.62. The summed E-state index contributed by atoms with van der Waals surface area (Å²) < 4.78 is 11.2. The maximum atomic E-state index is 11.3. The largest absolute Gasteiger partial charge is 0.459 e. The first-order valence-electron chi connectivity index (χ1n) is 6.58. The Balaban J connectivity index is 2.02. The third-order valence-electron chi connectivity index (χ3n) is 4.60. The van der Waals surface area contributed by atoms with Crippen molar-refractivity contribution in [3.63, 3.8) is 0 Å². The van der Waals surface area contributed by atoms with Gasteiger partial charge in [0.2, 0.25) is 0 Å². The minimum absolute atomic E-state index is 0.0315. The number of ether oxygens (including phenoxy) is 2. The Hall–Kier alpha value is -0.830. The SMILES string of the molecule is C=CC(=O)OC(C)C1(CC)COC1C1CCC1. The van der Waals surface area contributed by atoms with Gasteiger partial charge in [-0.1, -0.05) is 19.9 Å². The van der Waals surface area contributed by atoms with Gasteiger partial charge in [-0.25, -0.2) is 4.79 Å². The zero-order valence-corrected chi connectivity index (χ0v) is 10.8. The van der Waals surface area contributed by atoms with Crippen molar-refractivity contribution < 1.29 is 14.3 Å². The molecule has 0 radical (unpaired) electrons. The van der Waals surface area contributed by atoms with E-state index in [0.29, 0.717) is 5.92 Å². The number of hydrogen-bond acceptors (Lipinski definition) is 3. The first-order valence-corrected chi connectivity index (χ1v) is 6.58. The summed E-state index contributed by atoms with van der Waals surface area (Å²) in [6.07, 6.45) is 6.26. The van der Waals surface area contributed by atoms with E-state index in [9.17, 15) is 4.79 Å². The molecule has 0 spiro atoms. The molecular formula is C14H22O3. The summed E-state index contributed by atoms with van der Waals surface area (Å²) >= 11 is 0. The van der Waals surface area contributed by atoms with Gasteiger partial charge in [0.25, 0.3) is 0 Å². The number of carbonyl (C=O) groups is 1. The average Bonchev–Trinajstić information content (AvgIpc) is 2.22. The van der Waals surface area contributed by atoms with Crippen LogP contribution in [0.1, 0.15) is 39.5 Å². The van der Waals surface area contributed by atoms with Crippen LogP contribution in [0.4, 0.5) is 0 Å². The molecule has 3 atom stereocenters. The molecule has 17 heavy (non-hydrogen) atoms. The monoisotopic (exact) mass is 238 g/mol. The van der Waals surface area contributed by atoms with Gasteiger partial charge in [-0.05, 0) is 32.1 Å². The summed E-state index contributed by atoms with van der Waals surface area (Å²) in [6, 6.07) is 0. The fraction of sp³-hybridized carbons (Fsp3) is 0.786. The van der Waals surface area contributed by atoms with Crippen LogP contribution in [0.5, 0.6) is 0 Å². The second kappa shape index (κ2) is 4.81. The van der Waals surface area contributed by atoms with Gasteiger partial charge in [0.05, 0.1) is 18.1 Å². The van der Waals surface area contributed by atoms with Crippen LogP contribution in [-0.4, -0.2) is 24.8 Å². The van der Waals surface area contributed by atoms with E-state index in [-0.39, 0.29) is 23.6 Å². The topological polar surface area (TPSA) is 35.5 Å². The Labute approximate surface area is 103 Å². The zero-order valence-electron chi connectivity index (χ0n) is 10.8. The van der Waals surface area contributed by atoms with Crippen molar-refractivity contribution in [1.29, 1.82) is 0 Å². The predicted molar refractivity (Wildman–Crippen MR) is 65.6 cm³/mol. The van der Waals surface area contributed by atoms with Crippen molar-refractivity contribution in [3.8, 4) is 0 Å². The Morgan fingerprint density at radius 3 is 2.71 bits per heavy atom. The van der Waals surface area contributed by atoms with Gasteiger partial charge in [-0.3, -0.25) is 0 Å². The summed E-state index contributed by atoms with van der Waals surface area (Å²) in [6.45, 7) is 8.30. The minimum atomic E-state index is -0.329. The van der Waals surface area contributed by atoms with Crippen LogP contribution < -0.4 is 0 Å². The van der Waals surface area contributed by atoms with Crippen LogP contribution in [0.2, 0.25) is 0 Å². The van der Waals surface area contributed by atoms with Crippen molar-refractivity contribution >= 4 is 5.97 Å². The summed E-state index contributed by atoms with van der Waals surface area (Å²) in [5.41, 5.74) is 0.0315. The first-order chi connectivity index (χ1) is 8.14. The standard InChI is InChI=1S/C14H22O3/c1-4-12(15)17-10(3)14(5-2)9-16-13(14)11-7-6-8-11/h4,10-11,13H,1,5-9H2,2-3H3. The Morgan fingerprint density at radius 2 is 2.35 bits per heavy atom. The molecule has 0 N–H and O–H groups in total. The highest BCUT2D eigenvalue weighted by atomic mass is 16.6. The van der Waals surface area contributed by atoms with E-state index in [2.05, 4.69) is 13.5 Å². The van der Waals surface area contributed by atoms with Crippen molar-refractivity contribution in [3.05, 3.63) is 12.7 Å². The van der Waals surface area contributed by atoms with Crippen LogP contribution in [0, 0.1) is 11.3 Å². The third kappa shape index (κ3) is 2.01. The number of hydrogen-bond donors (Lipinski definition) is 0. The van der Waals surface area contributed by atoms with Crippen LogP contribution in [0.3, 0.4) is 0 Å². The van der Waals surface area contributed by atoms with Gasteiger partial charge in [0.15, 0.2) is 0 Å². The Kier molecular flexibility index (Phi) is 3.57. The van der Waals surface area contributed by atoms with Gasteiger partial charge in [-0.2, -0.15) is 0 Å². The summed E-state index contributed by atoms with van der Waals surface area (Å²) in [7, 11) is 0. The zero-order chi connectivity index (χ0) is 12.5. The molecule has 1 saturated carbocycles. The third-order valence-corrected chi connectivity index (χ3v) is 4.60. The maximum absolute atomic E-state index is 11.3. The van der Waals surface area contributed by atoms with Crippen LogP contribution in [0.25, 0.3) is 0 Å². The number of carbonyl (C=O) groups excluding carboxylic acids is 1. The van der Waals surface area contributed by atoms with E-state index in [0.717, 1.165) is 13.0 Å². The van der Waals surface area contributed by atoms with Crippen molar-refractivity contribution in [1.82, 2.24) is 0 Å². The lowest BCUT2D eigenvalue weighted by molar-refractivity contribution is -0.261. The fourth-order valence-corrected chi connectivity index (χ4v) is 3.02. The molecule has 0 amide bonds. The summed E-state index contributed by atoms with van der Waals surface area (Å²) in [5, 5.41) is 0. The van der Waals surface area contributed by atoms with E-state index in [1.54, 1.807) is 0 Å². The number of rotatable bonds is 5. The van der Waals surface area contributed by atoms with E-state index >= 15 is 0 Å². The van der Waals surface area contributed by atoms with Gasteiger partial charge >= 0.3 is 5.97 Å². The molecule has 2 aliphatic rings. The molecule has 1 saturated heterocycles. The van der Waals surface area contributed by atoms with Gasteiger partial charge in [-0.15, -0.1) is 0 Å². The lowest BCUT2D eigenvalue weighted by Crippen LogP contribution is -2.62. The highest BCUT2D eigenvalue weighted by Crippen LogP contribution is 2.50. The highest BCUT2D eigenvalue weighted by molar-refractivity contribution is 5.81. The van der Waals surface area contributed by atoms with Gasteiger partial charge in [0, 0.05) is 6.08 Å². The van der Waals surface area contributed by atoms with Gasteiger partial charge < -0.3 is 9.47 Å². The normalized spacial score (nSPS) is 34.4. The quantitative estimate of drug-likeness (QED) is 0.545. The molecule has 96 valence electrons. The van der Waals surface area contributed by atoms with Crippen molar-refractivity contribution in [2.75, 3.05) is 6.61 Å². The van der Waals surface area contributed by atoms with E-state index in [1.165, 1.54) is 25.3 Å². The van der Waals surface area contributed by atoms with Gasteiger partial charge in [0.1, 0.15) is 6.10 Å². The molecule has 0 aromatic rings. The highest BCUT2D eigenvalue weighted by Gasteiger charge is 2.56. The molecule has 2 fully saturated rings. The van der Waals surface area contributed by atoms with Crippen LogP contribution >= 0.6 is 0 Å². The molecule has 0 aromatic carbocycles. The van der Waals surface area contributed by atoms with E-state index in [1.807, 2.05) is 6.92 Å². The molecule has 3 unspecified atom stereocenters. The predicted octanol–water partition coefficient (Wildman–Crippen LogP) is 2.70. The summed E-state index contributed by atoms with van der Waals surface area (Å²) in [5.74, 6) is 0.346. The second-order valence-electron chi connectivity index (χ2n) is 5.29. The smallest absolute Gasteiger partial charge is 0.330 e.